The number of allylic oxidation sites excluding steroid dienone is 1. The molecule has 0 saturated carbocycles. The van der Waals surface area contributed by atoms with Gasteiger partial charge in [-0.25, -0.2) is 15.5 Å². The number of aliphatic imine (C=N–C) groups is 1. The van der Waals surface area contributed by atoms with Crippen LogP contribution in [0, 0.1) is 12.8 Å². The molecule has 0 bridgehead atoms. The Morgan fingerprint density at radius 3 is 2.76 bits per heavy atom. The number of rotatable bonds is 9. The van der Waals surface area contributed by atoms with Gasteiger partial charge in [0.1, 0.15) is 11.6 Å². The first kappa shape index (κ1) is 19.1. The van der Waals surface area contributed by atoms with E-state index in [2.05, 4.69) is 33.9 Å². The van der Waals surface area contributed by atoms with E-state index in [1.807, 2.05) is 25.4 Å². The molecule has 2 N–H and O–H groups in total. The van der Waals surface area contributed by atoms with Gasteiger partial charge in [0, 0.05) is 25.4 Å². The van der Waals surface area contributed by atoms with E-state index < -0.39 is 0 Å². The second-order valence-electron chi connectivity index (χ2n) is 6.60. The minimum atomic E-state index is -0.318. The molecule has 0 aliphatic carbocycles. The lowest BCUT2D eigenvalue weighted by Gasteiger charge is -2.26. The van der Waals surface area contributed by atoms with Crippen molar-refractivity contribution in [3.63, 3.8) is 0 Å². The first-order valence-electron chi connectivity index (χ1n) is 8.97. The topological polar surface area (TPSA) is 77.8 Å². The Labute approximate surface area is 149 Å². The largest absolute Gasteiger partial charge is 0.311 e. The third kappa shape index (κ3) is 6.31. The van der Waals surface area contributed by atoms with Crippen LogP contribution < -0.4 is 10.4 Å². The van der Waals surface area contributed by atoms with Gasteiger partial charge in [-0.1, -0.05) is 25.8 Å². The van der Waals surface area contributed by atoms with Gasteiger partial charge in [-0.15, -0.1) is 0 Å². The number of aromatic nitrogens is 1. The Bertz CT molecular complexity index is 610. The molecule has 0 spiro atoms. The summed E-state index contributed by atoms with van der Waals surface area (Å²) in [7, 11) is 0. The number of hydrogen-bond acceptors (Lipinski definition) is 5. The number of amides is 1. The zero-order valence-electron chi connectivity index (χ0n) is 15.1. The average Bonchev–Trinajstić information content (AvgIpc) is 2.63. The van der Waals surface area contributed by atoms with Gasteiger partial charge in [-0.2, -0.15) is 0 Å². The molecule has 0 saturated heterocycles. The number of pyridine rings is 1. The highest BCUT2D eigenvalue weighted by Gasteiger charge is 2.15. The first-order valence-corrected chi connectivity index (χ1v) is 8.97. The number of nitrogens with one attached hydrogen (secondary N) is 1. The number of hydrogen-bond donors (Lipinski definition) is 2. The summed E-state index contributed by atoms with van der Waals surface area (Å²) in [5, 5.41) is 8.49. The molecule has 6 nitrogen and oxygen atoms in total. The highest BCUT2D eigenvalue weighted by molar-refractivity contribution is 5.74. The van der Waals surface area contributed by atoms with Gasteiger partial charge in [0.15, 0.2) is 0 Å². The van der Waals surface area contributed by atoms with Crippen LogP contribution in [0.5, 0.6) is 0 Å². The number of anilines is 1. The van der Waals surface area contributed by atoms with Crippen LogP contribution in [0.4, 0.5) is 5.82 Å². The van der Waals surface area contributed by atoms with E-state index in [0.29, 0.717) is 12.3 Å². The summed E-state index contributed by atoms with van der Waals surface area (Å²) in [6, 6.07) is 4.11. The number of aryl methyl sites for hydroxylation is 1. The quantitative estimate of drug-likeness (QED) is 0.407. The van der Waals surface area contributed by atoms with Crippen molar-refractivity contribution in [3.05, 3.63) is 35.8 Å². The summed E-state index contributed by atoms with van der Waals surface area (Å²) in [6.45, 7) is 5.04. The molecule has 25 heavy (non-hydrogen) atoms. The van der Waals surface area contributed by atoms with Crippen LogP contribution in [0.1, 0.15) is 51.0 Å². The van der Waals surface area contributed by atoms with Gasteiger partial charge >= 0.3 is 0 Å². The van der Waals surface area contributed by atoms with E-state index in [-0.39, 0.29) is 5.91 Å². The molecule has 1 atom stereocenters. The molecular formula is C19H28N4O2. The van der Waals surface area contributed by atoms with Crippen molar-refractivity contribution in [1.82, 2.24) is 10.5 Å². The number of carbonyl (C=O) groups excluding carboxylic acids is 1. The molecule has 1 unspecified atom stereocenters. The van der Waals surface area contributed by atoms with E-state index in [1.54, 1.807) is 5.48 Å². The van der Waals surface area contributed by atoms with E-state index in [4.69, 9.17) is 5.21 Å². The van der Waals surface area contributed by atoms with Crippen molar-refractivity contribution in [2.45, 2.75) is 52.4 Å². The fourth-order valence-electron chi connectivity index (χ4n) is 2.72. The average molecular weight is 344 g/mol. The summed E-state index contributed by atoms with van der Waals surface area (Å²) in [5.74, 6) is 2.05. The van der Waals surface area contributed by atoms with E-state index in [0.717, 1.165) is 55.9 Å². The number of unbranched alkanes of at least 4 members (excludes halogenated alkanes) is 3. The monoisotopic (exact) mass is 344 g/mol. The molecule has 0 radical (unpaired) electrons. The van der Waals surface area contributed by atoms with Gasteiger partial charge in [0.25, 0.3) is 0 Å². The molecule has 136 valence electrons. The minimum absolute atomic E-state index is 0.318. The number of nitrogens with zero attached hydrogens (tertiary/aromatic N) is 3. The van der Waals surface area contributed by atoms with Gasteiger partial charge in [-0.3, -0.25) is 10.0 Å². The molecule has 1 amide bonds. The smallest absolute Gasteiger partial charge is 0.243 e. The SMILES string of the molecule is Cc1ccc(N(CCCCCCC(=O)NO)C2=CCC(C)C=N2)nc1. The number of carbonyl (C=O) groups is 1. The van der Waals surface area contributed by atoms with Gasteiger partial charge in [-0.05, 0) is 49.8 Å². The summed E-state index contributed by atoms with van der Waals surface area (Å²) < 4.78 is 0. The van der Waals surface area contributed by atoms with Crippen molar-refractivity contribution in [2.24, 2.45) is 10.9 Å². The second-order valence-corrected chi connectivity index (χ2v) is 6.60. The standard InChI is InChI=1S/C19H28N4O2/c1-15-8-10-17(20-13-15)23(18-11-9-16(2)14-21-18)12-6-4-3-5-7-19(24)22-25/h8,10-11,13-14,16,25H,3-7,9,12H2,1-2H3,(H,22,24). The Balaban J connectivity index is 1.90. The Morgan fingerprint density at radius 1 is 1.32 bits per heavy atom. The molecule has 1 aliphatic heterocycles. The maximum atomic E-state index is 11.0. The van der Waals surface area contributed by atoms with Crippen LogP contribution in [-0.4, -0.2) is 28.9 Å². The van der Waals surface area contributed by atoms with Crippen LogP contribution in [0.25, 0.3) is 0 Å². The number of hydroxylamine groups is 1. The Morgan fingerprint density at radius 2 is 2.12 bits per heavy atom. The summed E-state index contributed by atoms with van der Waals surface area (Å²) in [5.41, 5.74) is 2.81. The highest BCUT2D eigenvalue weighted by Crippen LogP contribution is 2.22. The second kappa shape index (κ2) is 9.93. The zero-order valence-corrected chi connectivity index (χ0v) is 15.1. The fourth-order valence-corrected chi connectivity index (χ4v) is 2.72. The lowest BCUT2D eigenvalue weighted by molar-refractivity contribution is -0.129. The molecular weight excluding hydrogens is 316 g/mol. The molecule has 0 aromatic carbocycles. The maximum absolute atomic E-state index is 11.0. The van der Waals surface area contributed by atoms with Gasteiger partial charge in [0.2, 0.25) is 5.91 Å². The Kier molecular flexibility index (Phi) is 7.60. The molecule has 6 heteroatoms. The molecule has 1 aliphatic rings. The van der Waals surface area contributed by atoms with Crippen LogP contribution >= 0.6 is 0 Å². The van der Waals surface area contributed by atoms with Crippen LogP contribution in [0.3, 0.4) is 0 Å². The van der Waals surface area contributed by atoms with Gasteiger partial charge < -0.3 is 4.90 Å². The van der Waals surface area contributed by atoms with Gasteiger partial charge in [0.05, 0.1) is 0 Å². The van der Waals surface area contributed by atoms with Crippen molar-refractivity contribution in [2.75, 3.05) is 11.4 Å². The normalized spacial score (nSPS) is 16.4. The van der Waals surface area contributed by atoms with Crippen molar-refractivity contribution >= 4 is 17.9 Å². The molecule has 2 heterocycles. The third-order valence-corrected chi connectivity index (χ3v) is 4.24. The Hall–Kier alpha value is -2.21. The molecule has 1 aromatic rings. The minimum Gasteiger partial charge on any atom is -0.311 e. The summed E-state index contributed by atoms with van der Waals surface area (Å²) >= 11 is 0. The third-order valence-electron chi connectivity index (χ3n) is 4.24. The fraction of sp³-hybridized carbons (Fsp3) is 0.526. The predicted molar refractivity (Wildman–Crippen MR) is 99.7 cm³/mol. The lowest BCUT2D eigenvalue weighted by Crippen LogP contribution is -2.25. The maximum Gasteiger partial charge on any atom is 0.243 e. The predicted octanol–water partition coefficient (Wildman–Crippen LogP) is 3.60. The van der Waals surface area contributed by atoms with Crippen molar-refractivity contribution < 1.29 is 10.0 Å². The molecule has 2 rings (SSSR count). The lowest BCUT2D eigenvalue weighted by atomic mass is 10.1. The highest BCUT2D eigenvalue weighted by atomic mass is 16.5. The van der Waals surface area contributed by atoms with Crippen LogP contribution in [-0.2, 0) is 4.79 Å². The van der Waals surface area contributed by atoms with Crippen LogP contribution in [0.2, 0.25) is 0 Å². The molecule has 1 aromatic heterocycles. The molecule has 0 fully saturated rings. The van der Waals surface area contributed by atoms with Crippen molar-refractivity contribution in [3.8, 4) is 0 Å². The van der Waals surface area contributed by atoms with E-state index >= 15 is 0 Å². The first-order chi connectivity index (χ1) is 12.1. The van der Waals surface area contributed by atoms with E-state index in [9.17, 15) is 4.79 Å². The summed E-state index contributed by atoms with van der Waals surface area (Å²) in [4.78, 5) is 22.3. The van der Waals surface area contributed by atoms with E-state index in [1.165, 1.54) is 0 Å². The van der Waals surface area contributed by atoms with Crippen LogP contribution in [0.15, 0.2) is 35.2 Å². The zero-order chi connectivity index (χ0) is 18.1. The van der Waals surface area contributed by atoms with Crippen molar-refractivity contribution in [1.29, 1.82) is 0 Å². The summed E-state index contributed by atoms with van der Waals surface area (Å²) in [6.07, 6.45) is 11.2.